The van der Waals surface area contributed by atoms with Crippen molar-refractivity contribution in [3.63, 3.8) is 0 Å². The average molecular weight is 413 g/mol. The fourth-order valence-electron chi connectivity index (χ4n) is 2.24. The number of esters is 1. The van der Waals surface area contributed by atoms with Gasteiger partial charge in [0, 0.05) is 22.4 Å². The fourth-order valence-corrected chi connectivity index (χ4v) is 2.45. The van der Waals surface area contributed by atoms with Gasteiger partial charge in [0.05, 0.1) is 12.7 Å². The zero-order valence-corrected chi connectivity index (χ0v) is 17.5. The number of amides is 2. The molecule has 0 aromatic heterocycles. The standard InChI is InChI=1S/C21H23N3O4S/c1-21(2,3)19(27)22-15-9-6-10-16(12-15)23-20(29)24-17(25)13-7-5-8-14(11-13)18(26)28-4/h5-12H,1-4H3,(H,22,27)(H2,23,24,25,29). The predicted molar refractivity (Wildman–Crippen MR) is 116 cm³/mol. The minimum absolute atomic E-state index is 0.0813. The SMILES string of the molecule is COC(=O)c1cccc(C(=O)NC(=S)Nc2cccc(NC(=O)C(C)(C)C)c2)c1. The van der Waals surface area contributed by atoms with Crippen molar-refractivity contribution in [2.75, 3.05) is 17.7 Å². The lowest BCUT2D eigenvalue weighted by atomic mass is 9.95. The van der Waals surface area contributed by atoms with Gasteiger partial charge in [0.25, 0.3) is 5.91 Å². The molecule has 0 saturated heterocycles. The molecular weight excluding hydrogens is 390 g/mol. The minimum Gasteiger partial charge on any atom is -0.465 e. The second-order valence-electron chi connectivity index (χ2n) is 7.27. The maximum atomic E-state index is 12.4. The molecule has 0 aliphatic carbocycles. The topological polar surface area (TPSA) is 96.5 Å². The van der Waals surface area contributed by atoms with Gasteiger partial charge in [-0.25, -0.2) is 4.79 Å². The highest BCUT2D eigenvalue weighted by atomic mass is 32.1. The molecule has 0 unspecified atom stereocenters. The van der Waals surface area contributed by atoms with Gasteiger partial charge >= 0.3 is 5.97 Å². The Kier molecular flexibility index (Phi) is 7.06. The van der Waals surface area contributed by atoms with E-state index in [4.69, 9.17) is 12.2 Å². The Bertz CT molecular complexity index is 951. The molecule has 0 aliphatic heterocycles. The molecule has 0 spiro atoms. The Morgan fingerprint density at radius 3 is 2.10 bits per heavy atom. The highest BCUT2D eigenvalue weighted by molar-refractivity contribution is 7.80. The van der Waals surface area contributed by atoms with Crippen LogP contribution in [0.15, 0.2) is 48.5 Å². The lowest BCUT2D eigenvalue weighted by Gasteiger charge is -2.18. The molecule has 0 aliphatic rings. The van der Waals surface area contributed by atoms with E-state index < -0.39 is 17.3 Å². The zero-order chi connectivity index (χ0) is 21.6. The summed E-state index contributed by atoms with van der Waals surface area (Å²) in [6.07, 6.45) is 0. The van der Waals surface area contributed by atoms with Crippen molar-refractivity contribution in [3.8, 4) is 0 Å². The monoisotopic (exact) mass is 413 g/mol. The van der Waals surface area contributed by atoms with Crippen LogP contribution in [0.25, 0.3) is 0 Å². The molecule has 2 aromatic rings. The first-order chi connectivity index (χ1) is 13.6. The summed E-state index contributed by atoms with van der Waals surface area (Å²) in [6, 6.07) is 13.1. The lowest BCUT2D eigenvalue weighted by molar-refractivity contribution is -0.123. The summed E-state index contributed by atoms with van der Waals surface area (Å²) in [4.78, 5) is 36.1. The van der Waals surface area contributed by atoms with Crippen LogP contribution in [-0.2, 0) is 9.53 Å². The average Bonchev–Trinajstić information content (AvgIpc) is 2.66. The number of rotatable bonds is 4. The third-order valence-corrected chi connectivity index (χ3v) is 4.04. The summed E-state index contributed by atoms with van der Waals surface area (Å²) in [5, 5.41) is 8.37. The number of ether oxygens (including phenoxy) is 1. The Hall–Kier alpha value is -3.26. The van der Waals surface area contributed by atoms with Crippen LogP contribution in [-0.4, -0.2) is 30.0 Å². The number of nitrogens with one attached hydrogen (secondary N) is 3. The number of hydrogen-bond acceptors (Lipinski definition) is 5. The van der Waals surface area contributed by atoms with Crippen molar-refractivity contribution in [3.05, 3.63) is 59.7 Å². The van der Waals surface area contributed by atoms with Gasteiger partial charge in [-0.1, -0.05) is 32.9 Å². The Morgan fingerprint density at radius 2 is 1.48 bits per heavy atom. The van der Waals surface area contributed by atoms with Crippen LogP contribution in [0.1, 0.15) is 41.5 Å². The Morgan fingerprint density at radius 1 is 0.897 bits per heavy atom. The number of benzene rings is 2. The van der Waals surface area contributed by atoms with Gasteiger partial charge < -0.3 is 15.4 Å². The van der Waals surface area contributed by atoms with E-state index in [1.807, 2.05) is 20.8 Å². The first-order valence-corrected chi connectivity index (χ1v) is 9.23. The molecule has 0 bridgehead atoms. The number of anilines is 2. The Balaban J connectivity index is 2.02. The van der Waals surface area contributed by atoms with Gasteiger partial charge in [-0.15, -0.1) is 0 Å². The van der Waals surface area contributed by atoms with Gasteiger partial charge in [-0.05, 0) is 48.6 Å². The van der Waals surface area contributed by atoms with E-state index in [1.165, 1.54) is 13.2 Å². The van der Waals surface area contributed by atoms with Crippen LogP contribution >= 0.6 is 12.2 Å². The quantitative estimate of drug-likeness (QED) is 0.524. The van der Waals surface area contributed by atoms with Crippen LogP contribution in [0.5, 0.6) is 0 Å². The van der Waals surface area contributed by atoms with Gasteiger partial charge in [0.15, 0.2) is 5.11 Å². The number of methoxy groups -OCH3 is 1. The van der Waals surface area contributed by atoms with Gasteiger partial charge in [-0.2, -0.15) is 0 Å². The van der Waals surface area contributed by atoms with E-state index in [-0.39, 0.29) is 22.1 Å². The molecule has 0 heterocycles. The second-order valence-corrected chi connectivity index (χ2v) is 7.67. The Labute approximate surface area is 174 Å². The van der Waals surface area contributed by atoms with Crippen LogP contribution in [0.4, 0.5) is 11.4 Å². The van der Waals surface area contributed by atoms with E-state index >= 15 is 0 Å². The molecule has 0 saturated carbocycles. The van der Waals surface area contributed by atoms with Crippen molar-refractivity contribution in [2.24, 2.45) is 5.41 Å². The number of hydrogen-bond donors (Lipinski definition) is 3. The summed E-state index contributed by atoms with van der Waals surface area (Å²) in [5.41, 5.74) is 1.22. The van der Waals surface area contributed by atoms with E-state index in [9.17, 15) is 14.4 Å². The number of carbonyl (C=O) groups excluding carboxylic acids is 3. The molecule has 0 fully saturated rings. The van der Waals surface area contributed by atoms with Crippen LogP contribution in [0, 0.1) is 5.41 Å². The summed E-state index contributed by atoms with van der Waals surface area (Å²) < 4.78 is 4.65. The molecule has 2 aromatic carbocycles. The normalized spacial score (nSPS) is 10.6. The molecule has 0 atom stereocenters. The van der Waals surface area contributed by atoms with Crippen molar-refractivity contribution < 1.29 is 19.1 Å². The fraction of sp³-hybridized carbons (Fsp3) is 0.238. The molecule has 7 nitrogen and oxygen atoms in total. The van der Waals surface area contributed by atoms with Crippen LogP contribution in [0.2, 0.25) is 0 Å². The summed E-state index contributed by atoms with van der Waals surface area (Å²) >= 11 is 5.19. The third kappa shape index (κ3) is 6.39. The van der Waals surface area contributed by atoms with Gasteiger partial charge in [-0.3, -0.25) is 14.9 Å². The minimum atomic E-state index is -0.533. The van der Waals surface area contributed by atoms with Crippen LogP contribution < -0.4 is 16.0 Å². The van der Waals surface area contributed by atoms with E-state index in [0.29, 0.717) is 11.4 Å². The third-order valence-electron chi connectivity index (χ3n) is 3.83. The molecule has 2 amide bonds. The predicted octanol–water partition coefficient (Wildman–Crippen LogP) is 3.58. The first-order valence-electron chi connectivity index (χ1n) is 8.82. The van der Waals surface area contributed by atoms with E-state index in [0.717, 1.165) is 0 Å². The van der Waals surface area contributed by atoms with Crippen LogP contribution in [0.3, 0.4) is 0 Å². The van der Waals surface area contributed by atoms with Crippen molar-refractivity contribution in [2.45, 2.75) is 20.8 Å². The number of thiocarbonyl (C=S) groups is 1. The largest absolute Gasteiger partial charge is 0.465 e. The van der Waals surface area contributed by atoms with Crippen molar-refractivity contribution >= 4 is 46.5 Å². The summed E-state index contributed by atoms with van der Waals surface area (Å²) in [7, 11) is 1.27. The highest BCUT2D eigenvalue weighted by Crippen LogP contribution is 2.20. The molecule has 29 heavy (non-hydrogen) atoms. The van der Waals surface area contributed by atoms with Gasteiger partial charge in [0.2, 0.25) is 5.91 Å². The van der Waals surface area contributed by atoms with Crippen molar-refractivity contribution in [1.82, 2.24) is 5.32 Å². The second kappa shape index (κ2) is 9.29. The first kappa shape index (κ1) is 22.0. The smallest absolute Gasteiger partial charge is 0.337 e. The van der Waals surface area contributed by atoms with Gasteiger partial charge in [0.1, 0.15) is 0 Å². The lowest BCUT2D eigenvalue weighted by Crippen LogP contribution is -2.34. The summed E-state index contributed by atoms with van der Waals surface area (Å²) in [5.74, 6) is -1.11. The molecule has 0 radical (unpaired) electrons. The van der Waals surface area contributed by atoms with E-state index in [2.05, 4.69) is 20.7 Å². The molecule has 2 rings (SSSR count). The van der Waals surface area contributed by atoms with Crippen molar-refractivity contribution in [1.29, 1.82) is 0 Å². The zero-order valence-electron chi connectivity index (χ0n) is 16.7. The number of carbonyl (C=O) groups is 3. The van der Waals surface area contributed by atoms with E-state index in [1.54, 1.807) is 42.5 Å². The molecule has 8 heteroatoms. The highest BCUT2D eigenvalue weighted by Gasteiger charge is 2.21. The summed E-state index contributed by atoms with van der Waals surface area (Å²) in [6.45, 7) is 5.47. The molecule has 152 valence electrons. The molecular formula is C21H23N3O4S. The maximum absolute atomic E-state index is 12.4. The molecule has 3 N–H and O–H groups in total. The maximum Gasteiger partial charge on any atom is 0.337 e.